The monoisotopic (exact) mass is 361 g/mol. The fourth-order valence-corrected chi connectivity index (χ4v) is 3.56. The van der Waals surface area contributed by atoms with E-state index < -0.39 is 27.1 Å². The number of hydrogen-bond acceptors (Lipinski definition) is 5. The molecule has 134 valence electrons. The van der Waals surface area contributed by atoms with Crippen LogP contribution >= 0.6 is 15.2 Å². The molecule has 2 atom stereocenters. The molecule has 0 aliphatic heterocycles. The second kappa shape index (κ2) is 10.9. The van der Waals surface area contributed by atoms with Crippen molar-refractivity contribution in [2.75, 3.05) is 12.7 Å². The second-order valence-corrected chi connectivity index (χ2v) is 8.98. The molecule has 0 aromatic carbocycles. The highest BCUT2D eigenvalue weighted by atomic mass is 31.2. The fraction of sp³-hybridized carbons (Fsp3) is 1.00. The van der Waals surface area contributed by atoms with E-state index >= 15 is 0 Å². The van der Waals surface area contributed by atoms with Gasteiger partial charge in [0.25, 0.3) is 0 Å². The average Bonchev–Trinajstić information content (AvgIpc) is 2.36. The summed E-state index contributed by atoms with van der Waals surface area (Å²) in [5, 5.41) is 2.72. The van der Waals surface area contributed by atoms with E-state index in [0.717, 1.165) is 19.3 Å². The van der Waals surface area contributed by atoms with Gasteiger partial charge in [-0.05, 0) is 32.2 Å². The zero-order valence-corrected chi connectivity index (χ0v) is 14.5. The minimum atomic E-state index is -4.36. The number of hydrogen-bond donors (Lipinski definition) is 7. The quantitative estimate of drug-likeness (QED) is 0.137. The molecule has 0 bridgehead atoms. The van der Waals surface area contributed by atoms with Gasteiger partial charge in [0.1, 0.15) is 5.78 Å². The summed E-state index contributed by atoms with van der Waals surface area (Å²) in [4.78, 5) is 36.1. The topological polar surface area (TPSA) is 179 Å². The molecule has 0 aromatic rings. The third-order valence-electron chi connectivity index (χ3n) is 3.21. The van der Waals surface area contributed by atoms with Gasteiger partial charge >= 0.3 is 15.2 Å². The van der Waals surface area contributed by atoms with Gasteiger partial charge in [0.05, 0.1) is 6.17 Å². The third kappa shape index (κ3) is 12.7. The molecule has 0 radical (unpaired) electrons. The lowest BCUT2D eigenvalue weighted by atomic mass is 10.1. The molecule has 0 aliphatic rings. The Bertz CT molecular complexity index is 386. The van der Waals surface area contributed by atoms with Gasteiger partial charge in [-0.25, -0.2) is 0 Å². The molecular weight excluding hydrogens is 332 g/mol. The number of nitrogens with one attached hydrogen (secondary N) is 1. The third-order valence-corrected chi connectivity index (χ3v) is 5.33. The van der Waals surface area contributed by atoms with E-state index in [0.29, 0.717) is 19.4 Å². The largest absolute Gasteiger partial charge is 0.342 e. The fourth-order valence-electron chi connectivity index (χ4n) is 2.02. The lowest BCUT2D eigenvalue weighted by molar-refractivity contribution is 0.323. The molecule has 0 spiro atoms. The molecule has 0 saturated carbocycles. The Kier molecular flexibility index (Phi) is 11.0. The molecule has 0 amide bonds. The van der Waals surface area contributed by atoms with Crippen molar-refractivity contribution in [1.29, 1.82) is 0 Å². The highest BCUT2D eigenvalue weighted by Crippen LogP contribution is 2.43. The number of nitrogens with two attached hydrogens (primary N) is 2. The summed E-state index contributed by atoms with van der Waals surface area (Å²) in [5.74, 6) is -1.09. The summed E-state index contributed by atoms with van der Waals surface area (Å²) < 4.78 is 22.2. The molecular formula is C11H29N3O6P2. The van der Waals surface area contributed by atoms with Crippen molar-refractivity contribution in [3.63, 3.8) is 0 Å². The average molecular weight is 361 g/mol. The first-order chi connectivity index (χ1) is 10.1. The van der Waals surface area contributed by atoms with Crippen molar-refractivity contribution < 1.29 is 28.7 Å². The first kappa shape index (κ1) is 22.2. The highest BCUT2D eigenvalue weighted by Gasteiger charge is 2.29. The van der Waals surface area contributed by atoms with Gasteiger partial charge in [0.2, 0.25) is 0 Å². The summed E-state index contributed by atoms with van der Waals surface area (Å²) in [6.07, 6.45) is 2.99. The Hall–Kier alpha value is 0.180. The molecule has 0 fully saturated rings. The molecule has 0 aromatic heterocycles. The molecule has 0 aliphatic carbocycles. The van der Waals surface area contributed by atoms with Crippen LogP contribution in [0.5, 0.6) is 0 Å². The van der Waals surface area contributed by atoms with Crippen LogP contribution in [0.2, 0.25) is 0 Å². The van der Waals surface area contributed by atoms with Gasteiger partial charge in [0, 0.05) is 6.16 Å². The predicted molar refractivity (Wildman–Crippen MR) is 85.2 cm³/mol. The van der Waals surface area contributed by atoms with Gasteiger partial charge in [-0.3, -0.25) is 14.4 Å². The first-order valence-electron chi connectivity index (χ1n) is 7.38. The predicted octanol–water partition coefficient (Wildman–Crippen LogP) is 0.232. The van der Waals surface area contributed by atoms with Crippen molar-refractivity contribution >= 4 is 15.2 Å². The van der Waals surface area contributed by atoms with Crippen LogP contribution in [0.3, 0.4) is 0 Å². The highest BCUT2D eigenvalue weighted by molar-refractivity contribution is 7.52. The summed E-state index contributed by atoms with van der Waals surface area (Å²) >= 11 is 0. The van der Waals surface area contributed by atoms with Gasteiger partial charge < -0.3 is 31.0 Å². The Labute approximate surface area is 131 Å². The van der Waals surface area contributed by atoms with Crippen LogP contribution < -0.4 is 16.8 Å². The first-order valence-corrected chi connectivity index (χ1v) is 10.9. The van der Waals surface area contributed by atoms with Crippen molar-refractivity contribution in [2.24, 2.45) is 11.5 Å². The Balaban J connectivity index is 4.18. The van der Waals surface area contributed by atoms with Crippen molar-refractivity contribution in [3.8, 4) is 0 Å². The molecule has 9 N–H and O–H groups in total. The Morgan fingerprint density at radius 3 is 2.00 bits per heavy atom. The number of unbranched alkanes of at least 4 members (excludes halogenated alkanes) is 3. The van der Waals surface area contributed by atoms with Gasteiger partial charge in [-0.15, -0.1) is 0 Å². The molecule has 0 heterocycles. The minimum Gasteiger partial charge on any atom is -0.330 e. The van der Waals surface area contributed by atoms with Crippen LogP contribution in [0, 0.1) is 0 Å². The minimum absolute atomic E-state index is 0.112. The molecule has 0 rings (SSSR count). The van der Waals surface area contributed by atoms with Crippen LogP contribution in [-0.4, -0.2) is 44.2 Å². The maximum atomic E-state index is 11.4. The van der Waals surface area contributed by atoms with Crippen LogP contribution in [0.15, 0.2) is 0 Å². The zero-order valence-electron chi connectivity index (χ0n) is 12.7. The van der Waals surface area contributed by atoms with Gasteiger partial charge in [-0.2, -0.15) is 0 Å². The summed E-state index contributed by atoms with van der Waals surface area (Å²) in [7, 11) is -8.43. The number of rotatable bonds is 13. The van der Waals surface area contributed by atoms with E-state index in [-0.39, 0.29) is 19.0 Å². The van der Waals surface area contributed by atoms with E-state index in [9.17, 15) is 18.9 Å². The summed E-state index contributed by atoms with van der Waals surface area (Å²) in [6, 6.07) is 0. The molecule has 9 nitrogen and oxygen atoms in total. The van der Waals surface area contributed by atoms with Crippen LogP contribution in [0.25, 0.3) is 0 Å². The molecule has 22 heavy (non-hydrogen) atoms. The van der Waals surface area contributed by atoms with Crippen LogP contribution in [-0.2, 0) is 9.13 Å². The van der Waals surface area contributed by atoms with E-state index in [2.05, 4.69) is 5.32 Å². The lowest BCUT2D eigenvalue weighted by Crippen LogP contribution is -2.44. The van der Waals surface area contributed by atoms with Crippen LogP contribution in [0.1, 0.15) is 44.9 Å². The Morgan fingerprint density at radius 1 is 0.909 bits per heavy atom. The van der Waals surface area contributed by atoms with Crippen molar-refractivity contribution in [1.82, 2.24) is 5.32 Å². The Morgan fingerprint density at radius 2 is 1.50 bits per heavy atom. The normalized spacial score (nSPS) is 15.7. The van der Waals surface area contributed by atoms with E-state index in [1.54, 1.807) is 0 Å². The van der Waals surface area contributed by atoms with Crippen LogP contribution in [0.4, 0.5) is 0 Å². The summed E-state index contributed by atoms with van der Waals surface area (Å²) in [6.45, 7) is 0.605. The maximum Gasteiger partial charge on any atom is 0.342 e. The lowest BCUT2D eigenvalue weighted by Gasteiger charge is -2.24. The molecule has 2 unspecified atom stereocenters. The van der Waals surface area contributed by atoms with Gasteiger partial charge in [0.15, 0.2) is 0 Å². The maximum absolute atomic E-state index is 11.4. The summed E-state index contributed by atoms with van der Waals surface area (Å²) in [5.41, 5.74) is 11.2. The molecule has 0 saturated heterocycles. The smallest absolute Gasteiger partial charge is 0.330 e. The SMILES string of the molecule is NCCCCCC(N)NC(CCCCP(=O)(O)O)P(=O)(O)O. The van der Waals surface area contributed by atoms with Gasteiger partial charge in [-0.1, -0.05) is 19.3 Å². The van der Waals surface area contributed by atoms with E-state index in [4.69, 9.17) is 21.3 Å². The van der Waals surface area contributed by atoms with E-state index in [1.165, 1.54) is 0 Å². The van der Waals surface area contributed by atoms with Crippen molar-refractivity contribution in [3.05, 3.63) is 0 Å². The molecule has 11 heteroatoms. The van der Waals surface area contributed by atoms with Crippen molar-refractivity contribution in [2.45, 2.75) is 56.9 Å². The zero-order chi connectivity index (χ0) is 17.2. The standard InChI is InChI=1S/C11H29N3O6P2/c12-8-4-1-2-6-10(13)14-11(22(18,19)20)7-3-5-9-21(15,16)17/h10-11,14H,1-9,12-13H2,(H2,15,16,17)(H2,18,19,20). The second-order valence-electron chi connectivity index (χ2n) is 5.40. The van der Waals surface area contributed by atoms with E-state index in [1.807, 2.05) is 0 Å².